The number of carbonyl (C=O) groups excluding carboxylic acids is 1. The number of aliphatic carboxylic acids is 1. The van der Waals surface area contributed by atoms with E-state index in [1.165, 1.54) is 0 Å². The number of halogens is 4. The molecule has 0 unspecified atom stereocenters. The first-order chi connectivity index (χ1) is 4.27. The van der Waals surface area contributed by atoms with E-state index >= 15 is 0 Å². The van der Waals surface area contributed by atoms with Gasteiger partial charge in [-0.05, 0) is 0 Å². The molecule has 0 radical (unpaired) electrons. The summed E-state index contributed by atoms with van der Waals surface area (Å²) in [6.45, 7) is 0. The molecule has 11 heavy (non-hydrogen) atoms. The fourth-order valence-electron chi connectivity index (χ4n) is 0. The van der Waals surface area contributed by atoms with Crippen LogP contribution in [0.1, 0.15) is 0 Å². The average Bonchev–Trinajstić information content (AvgIpc) is 1.61. The van der Waals surface area contributed by atoms with E-state index < -0.39 is 21.5 Å². The molecule has 0 amide bonds. The van der Waals surface area contributed by atoms with Crippen LogP contribution >= 0.6 is 34.1 Å². The van der Waals surface area contributed by atoms with Gasteiger partial charge in [0.2, 0.25) is 6.29 Å². The van der Waals surface area contributed by atoms with Gasteiger partial charge in [0.25, 0.3) is 0 Å². The SMILES string of the molecule is O=CC(=O)O.[AlH3].[Cl][Zr]([Cl])([Cl])[Cl]. The summed E-state index contributed by atoms with van der Waals surface area (Å²) in [5.74, 6) is -1.43. The maximum absolute atomic E-state index is 9.00. The Labute approximate surface area is 92.7 Å². The van der Waals surface area contributed by atoms with Crippen LogP contribution in [0.15, 0.2) is 0 Å². The van der Waals surface area contributed by atoms with Gasteiger partial charge in [0.15, 0.2) is 17.4 Å². The molecule has 66 valence electrons. The Bertz CT molecular complexity index is 119. The Hall–Kier alpha value is 1.72. The summed E-state index contributed by atoms with van der Waals surface area (Å²) in [4.78, 5) is 17.9. The third-order valence-corrected chi connectivity index (χ3v) is 0.101. The molecule has 3 nitrogen and oxygen atoms in total. The topological polar surface area (TPSA) is 54.4 Å². The fourth-order valence-corrected chi connectivity index (χ4v) is 0. The predicted molar refractivity (Wildman–Crippen MR) is 47.1 cm³/mol. The summed E-state index contributed by atoms with van der Waals surface area (Å²) < 4.78 is 0. The van der Waals surface area contributed by atoms with Crippen LogP contribution in [-0.2, 0) is 25.1 Å². The normalized spacial score (nSPS) is 8.36. The Kier molecular flexibility index (Phi) is 16.5. The molecule has 0 saturated heterocycles. The summed E-state index contributed by atoms with van der Waals surface area (Å²) in [5.41, 5.74) is 0. The number of carboxylic acids is 1. The summed E-state index contributed by atoms with van der Waals surface area (Å²) in [6, 6.07) is 0. The zero-order valence-corrected chi connectivity index (χ0v) is 9.83. The summed E-state index contributed by atoms with van der Waals surface area (Å²) in [5, 5.41) is 7.35. The van der Waals surface area contributed by atoms with Crippen molar-refractivity contribution in [1.29, 1.82) is 0 Å². The second-order valence-corrected chi connectivity index (χ2v) is 23.3. The minimum atomic E-state index is -3.29. The quantitative estimate of drug-likeness (QED) is 0.438. The Morgan fingerprint density at radius 3 is 1.36 bits per heavy atom. The van der Waals surface area contributed by atoms with Crippen molar-refractivity contribution in [1.82, 2.24) is 0 Å². The Morgan fingerprint density at radius 1 is 1.27 bits per heavy atom. The van der Waals surface area contributed by atoms with Crippen LogP contribution < -0.4 is 0 Å². The van der Waals surface area contributed by atoms with Gasteiger partial charge in [-0.3, -0.25) is 4.79 Å². The molecule has 0 aromatic heterocycles. The molecule has 0 rings (SSSR count). The third-order valence-electron chi connectivity index (χ3n) is 0.101. The number of hydrogen-bond acceptors (Lipinski definition) is 2. The van der Waals surface area contributed by atoms with Gasteiger partial charge in [-0.25, -0.2) is 4.79 Å². The van der Waals surface area contributed by atoms with E-state index in [-0.39, 0.29) is 23.6 Å². The Balaban J connectivity index is -0.000000107. The molecule has 0 aromatic rings. The van der Waals surface area contributed by atoms with E-state index in [1.807, 2.05) is 0 Å². The van der Waals surface area contributed by atoms with Crippen LogP contribution in [0.5, 0.6) is 0 Å². The van der Waals surface area contributed by atoms with Crippen LogP contribution in [0.3, 0.4) is 0 Å². The van der Waals surface area contributed by atoms with Gasteiger partial charge in [0.1, 0.15) is 0 Å². The van der Waals surface area contributed by atoms with Crippen molar-refractivity contribution in [2.24, 2.45) is 0 Å². The van der Waals surface area contributed by atoms with Gasteiger partial charge in [-0.1, -0.05) is 0 Å². The van der Waals surface area contributed by atoms with Crippen molar-refractivity contribution in [3.8, 4) is 0 Å². The zero-order valence-electron chi connectivity index (χ0n) is 4.35. The van der Waals surface area contributed by atoms with E-state index in [1.54, 1.807) is 0 Å². The van der Waals surface area contributed by atoms with Crippen LogP contribution in [0.4, 0.5) is 0 Å². The minimum absolute atomic E-state index is 0. The first-order valence-electron chi connectivity index (χ1n) is 1.71. The monoisotopic (exact) mass is 334 g/mol. The van der Waals surface area contributed by atoms with Crippen molar-refractivity contribution in [3.63, 3.8) is 0 Å². The molecule has 0 aliphatic heterocycles. The molecule has 0 atom stereocenters. The Morgan fingerprint density at radius 2 is 1.36 bits per heavy atom. The number of hydrogen-bond donors (Lipinski definition) is 1. The molecule has 0 saturated carbocycles. The number of carbonyl (C=O) groups is 2. The van der Waals surface area contributed by atoms with Gasteiger partial charge in [0, 0.05) is 0 Å². The summed E-state index contributed by atoms with van der Waals surface area (Å²) in [7, 11) is 20.1. The van der Waals surface area contributed by atoms with Crippen LogP contribution in [0.25, 0.3) is 0 Å². The van der Waals surface area contributed by atoms with Gasteiger partial charge >= 0.3 is 55.5 Å². The summed E-state index contributed by atoms with van der Waals surface area (Å²) in [6.07, 6.45) is -0.167. The van der Waals surface area contributed by atoms with Crippen molar-refractivity contribution < 1.29 is 30.2 Å². The van der Waals surface area contributed by atoms with Gasteiger partial charge in [-0.15, -0.1) is 0 Å². The van der Waals surface area contributed by atoms with Crippen molar-refractivity contribution in [2.45, 2.75) is 0 Å². The molecular weight excluding hydrogens is 332 g/mol. The van der Waals surface area contributed by atoms with Crippen LogP contribution in [-0.4, -0.2) is 34.7 Å². The molecule has 0 heterocycles. The molecule has 0 fully saturated rings. The molecule has 0 spiro atoms. The van der Waals surface area contributed by atoms with E-state index in [9.17, 15) is 0 Å². The molecule has 9 heteroatoms. The second-order valence-electron chi connectivity index (χ2n) is 0.885. The maximum atomic E-state index is 9.00. The fraction of sp³-hybridized carbons (Fsp3) is 0. The predicted octanol–water partition coefficient (Wildman–Crippen LogP) is 0.841. The van der Waals surface area contributed by atoms with Crippen molar-refractivity contribution in [2.75, 3.05) is 0 Å². The molecule has 0 aliphatic rings. The average molecular weight is 337 g/mol. The van der Waals surface area contributed by atoms with Gasteiger partial charge in [-0.2, -0.15) is 0 Å². The first kappa shape index (κ1) is 18.5. The van der Waals surface area contributed by atoms with Crippen LogP contribution in [0, 0.1) is 0 Å². The summed E-state index contributed by atoms with van der Waals surface area (Å²) >= 11 is -3.29. The van der Waals surface area contributed by atoms with E-state index in [2.05, 4.69) is 0 Å². The van der Waals surface area contributed by atoms with Crippen LogP contribution in [0.2, 0.25) is 0 Å². The van der Waals surface area contributed by atoms with Crippen molar-refractivity contribution in [3.05, 3.63) is 0 Å². The molecule has 0 bridgehead atoms. The van der Waals surface area contributed by atoms with Gasteiger partial charge < -0.3 is 5.11 Å². The standard InChI is InChI=1S/C2H2O3.Al.4ClH.Zr.3H/c3-1-2(4)5;;;;;;;;;/h1H,(H,4,5);;4*1H;;;;/q;;;;;;+4;;;/p-4. The molecular formula is C2H5AlCl4O3Zr. The van der Waals surface area contributed by atoms with Crippen molar-refractivity contribution >= 4 is 63.7 Å². The zero-order chi connectivity index (χ0) is 8.78. The second kappa shape index (κ2) is 9.80. The molecule has 1 N–H and O–H groups in total. The number of carboxylic acid groups (broad SMARTS) is 1. The van der Waals surface area contributed by atoms with E-state index in [0.29, 0.717) is 0 Å². The number of rotatable bonds is 1. The number of aldehydes is 1. The third kappa shape index (κ3) is 80.1. The molecule has 0 aliphatic carbocycles. The molecule has 0 aromatic carbocycles. The van der Waals surface area contributed by atoms with E-state index in [0.717, 1.165) is 0 Å². The van der Waals surface area contributed by atoms with Gasteiger partial charge in [0.05, 0.1) is 0 Å². The first-order valence-corrected chi connectivity index (χ1v) is 14.4. The van der Waals surface area contributed by atoms with E-state index in [4.69, 9.17) is 48.7 Å².